The Hall–Kier alpha value is -0.660. The molecule has 0 aromatic rings. The highest BCUT2D eigenvalue weighted by Crippen LogP contribution is 2.06. The lowest BCUT2D eigenvalue weighted by Gasteiger charge is -2.12. The Balaban J connectivity index is 4.09. The number of sulfonamides is 1. The van der Waals surface area contributed by atoms with Crippen molar-refractivity contribution in [3.63, 3.8) is 0 Å². The van der Waals surface area contributed by atoms with Gasteiger partial charge in [0.2, 0.25) is 10.0 Å². The van der Waals surface area contributed by atoms with Gasteiger partial charge >= 0.3 is 5.97 Å². The van der Waals surface area contributed by atoms with Crippen LogP contribution in [-0.4, -0.2) is 45.5 Å². The van der Waals surface area contributed by atoms with Crippen LogP contribution in [0.15, 0.2) is 0 Å². The molecule has 0 aliphatic rings. The van der Waals surface area contributed by atoms with E-state index in [0.717, 1.165) is 0 Å². The highest BCUT2D eigenvalue weighted by Gasteiger charge is 2.19. The van der Waals surface area contributed by atoms with Gasteiger partial charge in [-0.25, -0.2) is 13.1 Å². The zero-order valence-corrected chi connectivity index (χ0v) is 11.1. The number of carboxylic acids is 1. The second-order valence-electron chi connectivity index (χ2n) is 3.84. The smallest absolute Gasteiger partial charge is 0.307 e. The molecule has 1 unspecified atom stereocenters. The molecule has 102 valence electrons. The number of hydrogen-bond donors (Lipinski definition) is 2. The summed E-state index contributed by atoms with van der Waals surface area (Å²) in [6.07, 6.45) is 1.58. The number of methoxy groups -OCH3 is 1. The highest BCUT2D eigenvalue weighted by atomic mass is 32.2. The maximum atomic E-state index is 11.5. The van der Waals surface area contributed by atoms with Crippen molar-refractivity contribution < 1.29 is 23.1 Å². The van der Waals surface area contributed by atoms with Crippen molar-refractivity contribution in [2.45, 2.75) is 26.2 Å². The summed E-state index contributed by atoms with van der Waals surface area (Å²) in [6.45, 7) is 2.19. The van der Waals surface area contributed by atoms with Gasteiger partial charge < -0.3 is 9.84 Å². The molecule has 0 radical (unpaired) electrons. The lowest BCUT2D eigenvalue weighted by molar-refractivity contribution is -0.141. The number of carbonyl (C=O) groups is 1. The summed E-state index contributed by atoms with van der Waals surface area (Å²) in [4.78, 5) is 10.8. The van der Waals surface area contributed by atoms with E-state index in [9.17, 15) is 13.2 Å². The van der Waals surface area contributed by atoms with E-state index in [1.165, 1.54) is 7.11 Å². The zero-order valence-electron chi connectivity index (χ0n) is 10.3. The Labute approximate surface area is 102 Å². The minimum absolute atomic E-state index is 0.0424. The van der Waals surface area contributed by atoms with Crippen LogP contribution in [0.4, 0.5) is 0 Å². The van der Waals surface area contributed by atoms with Gasteiger partial charge in [0.15, 0.2) is 0 Å². The molecule has 0 amide bonds. The first-order valence-corrected chi connectivity index (χ1v) is 7.27. The molecule has 0 aromatic carbocycles. The molecular formula is C10H21NO5S. The van der Waals surface area contributed by atoms with Gasteiger partial charge in [0.05, 0.1) is 11.7 Å². The quantitative estimate of drug-likeness (QED) is 0.560. The molecule has 6 nitrogen and oxygen atoms in total. The van der Waals surface area contributed by atoms with Crippen LogP contribution in [0.25, 0.3) is 0 Å². The van der Waals surface area contributed by atoms with Gasteiger partial charge in [0, 0.05) is 20.3 Å². The molecule has 0 bridgehead atoms. The van der Waals surface area contributed by atoms with Crippen molar-refractivity contribution in [1.82, 2.24) is 4.72 Å². The molecule has 0 aliphatic carbocycles. The summed E-state index contributed by atoms with van der Waals surface area (Å²) in [7, 11) is -1.89. The molecule has 0 saturated heterocycles. The van der Waals surface area contributed by atoms with E-state index in [1.807, 2.05) is 6.92 Å². The number of carboxylic acid groups (broad SMARTS) is 1. The summed E-state index contributed by atoms with van der Waals surface area (Å²) in [5, 5.41) is 8.86. The monoisotopic (exact) mass is 267 g/mol. The van der Waals surface area contributed by atoms with Crippen molar-refractivity contribution in [3.05, 3.63) is 0 Å². The van der Waals surface area contributed by atoms with Gasteiger partial charge in [-0.2, -0.15) is 0 Å². The number of ether oxygens (including phenoxy) is 1. The average Bonchev–Trinajstić information content (AvgIpc) is 2.24. The van der Waals surface area contributed by atoms with Crippen molar-refractivity contribution in [2.75, 3.05) is 26.0 Å². The van der Waals surface area contributed by atoms with Crippen molar-refractivity contribution in [1.29, 1.82) is 0 Å². The number of rotatable bonds is 10. The van der Waals surface area contributed by atoms with Crippen molar-refractivity contribution >= 4 is 16.0 Å². The second-order valence-corrected chi connectivity index (χ2v) is 5.76. The normalized spacial score (nSPS) is 13.5. The Bertz CT molecular complexity index is 315. The molecule has 0 saturated carbocycles. The fraction of sp³-hybridized carbons (Fsp3) is 0.900. The van der Waals surface area contributed by atoms with E-state index >= 15 is 0 Å². The Morgan fingerprint density at radius 2 is 2.12 bits per heavy atom. The molecule has 0 fully saturated rings. The predicted molar refractivity (Wildman–Crippen MR) is 64.3 cm³/mol. The summed E-state index contributed by atoms with van der Waals surface area (Å²) in [5.74, 6) is -1.66. The molecular weight excluding hydrogens is 246 g/mol. The van der Waals surface area contributed by atoms with Gasteiger partial charge in [-0.3, -0.25) is 4.79 Å². The minimum Gasteiger partial charge on any atom is -0.481 e. The number of hydrogen-bond acceptors (Lipinski definition) is 4. The van der Waals surface area contributed by atoms with Crippen LogP contribution in [0.1, 0.15) is 26.2 Å². The SMILES string of the molecule is CCCC(CNS(=O)(=O)CCCOC)C(=O)O. The standard InChI is InChI=1S/C10H21NO5S/c1-3-5-9(10(12)13)8-11-17(14,15)7-4-6-16-2/h9,11H,3-8H2,1-2H3,(H,12,13). The van der Waals surface area contributed by atoms with E-state index in [-0.39, 0.29) is 12.3 Å². The third-order valence-corrected chi connectivity index (χ3v) is 3.73. The molecule has 2 N–H and O–H groups in total. The molecule has 0 rings (SSSR count). The van der Waals surface area contributed by atoms with Crippen LogP contribution in [-0.2, 0) is 19.6 Å². The first-order chi connectivity index (χ1) is 7.93. The largest absolute Gasteiger partial charge is 0.481 e. The maximum Gasteiger partial charge on any atom is 0.307 e. The zero-order chi connectivity index (χ0) is 13.3. The van der Waals surface area contributed by atoms with Gasteiger partial charge in [-0.15, -0.1) is 0 Å². The molecule has 0 spiro atoms. The van der Waals surface area contributed by atoms with Crippen molar-refractivity contribution in [3.8, 4) is 0 Å². The fourth-order valence-electron chi connectivity index (χ4n) is 1.35. The molecule has 0 aromatic heterocycles. The van der Waals surface area contributed by atoms with Crippen LogP contribution in [0.3, 0.4) is 0 Å². The molecule has 17 heavy (non-hydrogen) atoms. The lowest BCUT2D eigenvalue weighted by Crippen LogP contribution is -2.34. The highest BCUT2D eigenvalue weighted by molar-refractivity contribution is 7.89. The first-order valence-electron chi connectivity index (χ1n) is 5.62. The summed E-state index contributed by atoms with van der Waals surface area (Å²) >= 11 is 0. The van der Waals surface area contributed by atoms with E-state index in [4.69, 9.17) is 9.84 Å². The second kappa shape index (κ2) is 8.43. The minimum atomic E-state index is -3.39. The number of nitrogens with one attached hydrogen (secondary N) is 1. The molecule has 7 heteroatoms. The van der Waals surface area contributed by atoms with Crippen LogP contribution in [0.2, 0.25) is 0 Å². The topological polar surface area (TPSA) is 92.7 Å². The Kier molecular flexibility index (Phi) is 8.11. The third kappa shape index (κ3) is 8.12. The molecule has 1 atom stereocenters. The van der Waals surface area contributed by atoms with E-state index in [0.29, 0.717) is 25.9 Å². The lowest BCUT2D eigenvalue weighted by atomic mass is 10.1. The average molecular weight is 267 g/mol. The summed E-state index contributed by atoms with van der Waals surface area (Å²) < 4.78 is 30.0. The Morgan fingerprint density at radius 1 is 1.47 bits per heavy atom. The Morgan fingerprint density at radius 3 is 2.59 bits per heavy atom. The fourth-order valence-corrected chi connectivity index (χ4v) is 2.45. The first kappa shape index (κ1) is 16.3. The van der Waals surface area contributed by atoms with Crippen LogP contribution in [0.5, 0.6) is 0 Å². The molecule has 0 aliphatic heterocycles. The van der Waals surface area contributed by atoms with Gasteiger partial charge in [-0.05, 0) is 12.8 Å². The van der Waals surface area contributed by atoms with Crippen LogP contribution >= 0.6 is 0 Å². The molecule has 0 heterocycles. The van der Waals surface area contributed by atoms with Crippen LogP contribution < -0.4 is 4.72 Å². The van der Waals surface area contributed by atoms with Gasteiger partial charge in [-0.1, -0.05) is 13.3 Å². The number of aliphatic carboxylic acids is 1. The van der Waals surface area contributed by atoms with E-state index < -0.39 is 21.9 Å². The van der Waals surface area contributed by atoms with Crippen molar-refractivity contribution in [2.24, 2.45) is 5.92 Å². The summed E-state index contributed by atoms with van der Waals surface area (Å²) in [6, 6.07) is 0. The maximum absolute atomic E-state index is 11.5. The van der Waals surface area contributed by atoms with E-state index in [2.05, 4.69) is 4.72 Å². The predicted octanol–water partition coefficient (Wildman–Crippen LogP) is 0.443. The van der Waals surface area contributed by atoms with Gasteiger partial charge in [0.25, 0.3) is 0 Å². The van der Waals surface area contributed by atoms with Crippen LogP contribution in [0, 0.1) is 5.92 Å². The third-order valence-electron chi connectivity index (χ3n) is 2.30. The summed E-state index contributed by atoms with van der Waals surface area (Å²) in [5.41, 5.74) is 0. The van der Waals surface area contributed by atoms with Gasteiger partial charge in [0.1, 0.15) is 0 Å². The van der Waals surface area contributed by atoms with E-state index in [1.54, 1.807) is 0 Å².